The van der Waals surface area contributed by atoms with Gasteiger partial charge >= 0.3 is 0 Å². The van der Waals surface area contributed by atoms with E-state index in [1.54, 1.807) is 0 Å². The first-order valence-corrected chi connectivity index (χ1v) is 7.48. The Kier molecular flexibility index (Phi) is 4.36. The zero-order chi connectivity index (χ0) is 15.5. The molecule has 1 atom stereocenters. The molecule has 0 saturated heterocycles. The van der Waals surface area contributed by atoms with Crippen LogP contribution in [0.4, 0.5) is 0 Å². The number of aliphatic hydroxyl groups excluding tert-OH is 1. The summed E-state index contributed by atoms with van der Waals surface area (Å²) in [5.74, 6) is 0.0841. The van der Waals surface area contributed by atoms with E-state index in [1.807, 2.05) is 30.5 Å². The van der Waals surface area contributed by atoms with Gasteiger partial charge in [0.25, 0.3) is 0 Å². The molecule has 0 bridgehead atoms. The highest BCUT2D eigenvalue weighted by Gasteiger charge is 2.35. The average molecular weight is 300 g/mol. The van der Waals surface area contributed by atoms with Gasteiger partial charge in [0.2, 0.25) is 5.91 Å². The lowest BCUT2D eigenvalue weighted by atomic mass is 9.75. The number of benzene rings is 1. The van der Waals surface area contributed by atoms with E-state index in [9.17, 15) is 9.90 Å². The molecule has 1 aromatic heterocycles. The summed E-state index contributed by atoms with van der Waals surface area (Å²) in [5.41, 5.74) is 1.90. The molecule has 1 aromatic carbocycles. The normalized spacial score (nSPS) is 22.1. The number of methoxy groups -OCH3 is 1. The Balaban J connectivity index is 1.87. The Morgan fingerprint density at radius 3 is 2.95 bits per heavy atom. The van der Waals surface area contributed by atoms with Crippen molar-refractivity contribution in [3.05, 3.63) is 42.1 Å². The molecule has 0 radical (unpaired) electrons. The molecular weight excluding hydrogens is 280 g/mol. The van der Waals surface area contributed by atoms with Crippen LogP contribution in [0.3, 0.4) is 0 Å². The van der Waals surface area contributed by atoms with Crippen molar-refractivity contribution in [1.29, 1.82) is 0 Å². The molecule has 0 spiro atoms. The van der Waals surface area contributed by atoms with Crippen LogP contribution in [0, 0.1) is 5.92 Å². The van der Waals surface area contributed by atoms with Crippen LogP contribution >= 0.6 is 0 Å². The van der Waals surface area contributed by atoms with Crippen molar-refractivity contribution < 1.29 is 14.6 Å². The number of para-hydroxylation sites is 1. The number of aliphatic hydroxyl groups is 1. The number of hydrogen-bond donors (Lipinski definition) is 2. The van der Waals surface area contributed by atoms with Gasteiger partial charge in [-0.1, -0.05) is 18.2 Å². The van der Waals surface area contributed by atoms with Crippen LogP contribution in [0.25, 0.3) is 10.9 Å². The largest absolute Gasteiger partial charge is 0.393 e. The summed E-state index contributed by atoms with van der Waals surface area (Å²) in [6.07, 6.45) is 2.94. The molecule has 22 heavy (non-hydrogen) atoms. The maximum atomic E-state index is 11.9. The second kappa shape index (κ2) is 6.42. The van der Waals surface area contributed by atoms with Gasteiger partial charge in [0.15, 0.2) is 0 Å². The van der Waals surface area contributed by atoms with Crippen molar-refractivity contribution >= 4 is 16.8 Å². The number of fused-ring (bicyclic) bond motifs is 1. The van der Waals surface area contributed by atoms with E-state index in [0.717, 1.165) is 16.5 Å². The predicted octanol–water partition coefficient (Wildman–Crippen LogP) is 1.81. The predicted molar refractivity (Wildman–Crippen MR) is 83.2 cm³/mol. The SMILES string of the molecule is COCC(=O)N[C@H](c1cnc2ccccc2c1)C1CC(O)C1. The summed E-state index contributed by atoms with van der Waals surface area (Å²) in [6, 6.07) is 9.82. The zero-order valence-electron chi connectivity index (χ0n) is 12.5. The fourth-order valence-electron chi connectivity index (χ4n) is 2.98. The van der Waals surface area contributed by atoms with Crippen molar-refractivity contribution in [3.63, 3.8) is 0 Å². The molecule has 5 nitrogen and oxygen atoms in total. The molecule has 1 aliphatic carbocycles. The molecule has 1 saturated carbocycles. The summed E-state index contributed by atoms with van der Waals surface area (Å²) in [7, 11) is 1.50. The Morgan fingerprint density at radius 1 is 1.45 bits per heavy atom. The van der Waals surface area contributed by atoms with E-state index in [2.05, 4.69) is 16.4 Å². The summed E-state index contributed by atoms with van der Waals surface area (Å²) in [4.78, 5) is 16.4. The smallest absolute Gasteiger partial charge is 0.246 e. The van der Waals surface area contributed by atoms with Crippen LogP contribution in [0.1, 0.15) is 24.4 Å². The molecule has 3 rings (SSSR count). The van der Waals surface area contributed by atoms with Gasteiger partial charge < -0.3 is 15.2 Å². The molecule has 5 heteroatoms. The van der Waals surface area contributed by atoms with E-state index in [4.69, 9.17) is 4.74 Å². The van der Waals surface area contributed by atoms with E-state index in [0.29, 0.717) is 12.8 Å². The van der Waals surface area contributed by atoms with E-state index >= 15 is 0 Å². The van der Waals surface area contributed by atoms with Gasteiger partial charge in [-0.05, 0) is 36.5 Å². The number of ether oxygens (including phenoxy) is 1. The Hall–Kier alpha value is -1.98. The van der Waals surface area contributed by atoms with Gasteiger partial charge in [0.05, 0.1) is 17.7 Å². The number of rotatable bonds is 5. The van der Waals surface area contributed by atoms with Gasteiger partial charge in [0.1, 0.15) is 6.61 Å². The van der Waals surface area contributed by atoms with Crippen LogP contribution in [-0.2, 0) is 9.53 Å². The van der Waals surface area contributed by atoms with Crippen LogP contribution in [0.5, 0.6) is 0 Å². The fraction of sp³-hybridized carbons (Fsp3) is 0.412. The van der Waals surface area contributed by atoms with Gasteiger partial charge in [0, 0.05) is 18.7 Å². The topological polar surface area (TPSA) is 71.5 Å². The summed E-state index contributed by atoms with van der Waals surface area (Å²) < 4.78 is 4.89. The van der Waals surface area contributed by atoms with Gasteiger partial charge in [-0.15, -0.1) is 0 Å². The number of hydrogen-bond acceptors (Lipinski definition) is 4. The first kappa shape index (κ1) is 14.9. The maximum absolute atomic E-state index is 11.9. The second-order valence-electron chi connectivity index (χ2n) is 5.82. The Bertz CT molecular complexity index is 668. The third-order valence-electron chi connectivity index (χ3n) is 4.18. The molecule has 0 unspecified atom stereocenters. The number of amides is 1. The number of carbonyl (C=O) groups is 1. The van der Waals surface area contributed by atoms with Crippen molar-refractivity contribution in [2.24, 2.45) is 5.92 Å². The molecule has 116 valence electrons. The van der Waals surface area contributed by atoms with Gasteiger partial charge in [-0.3, -0.25) is 9.78 Å². The number of carbonyl (C=O) groups excluding carboxylic acids is 1. The van der Waals surface area contributed by atoms with Crippen LogP contribution in [0.15, 0.2) is 36.5 Å². The Morgan fingerprint density at radius 2 is 2.23 bits per heavy atom. The standard InChI is InChI=1S/C17H20N2O3/c1-22-10-16(21)19-17(12-7-14(20)8-12)13-6-11-4-2-3-5-15(11)18-9-13/h2-6,9,12,14,17,20H,7-8,10H2,1H3,(H,19,21)/t12?,14?,17-/m0/s1. The highest BCUT2D eigenvalue weighted by Crippen LogP contribution is 2.38. The van der Waals surface area contributed by atoms with Gasteiger partial charge in [-0.25, -0.2) is 0 Å². The molecular formula is C17H20N2O3. The maximum Gasteiger partial charge on any atom is 0.246 e. The van der Waals surface area contributed by atoms with Crippen molar-refractivity contribution in [3.8, 4) is 0 Å². The third-order valence-corrected chi connectivity index (χ3v) is 4.18. The lowest BCUT2D eigenvalue weighted by Gasteiger charge is -2.38. The minimum absolute atomic E-state index is 0.0345. The minimum Gasteiger partial charge on any atom is -0.393 e. The van der Waals surface area contributed by atoms with E-state index in [1.165, 1.54) is 7.11 Å². The monoisotopic (exact) mass is 300 g/mol. The second-order valence-corrected chi connectivity index (χ2v) is 5.82. The minimum atomic E-state index is -0.264. The number of nitrogens with one attached hydrogen (secondary N) is 1. The Labute approximate surface area is 129 Å². The van der Waals surface area contributed by atoms with E-state index < -0.39 is 0 Å². The quantitative estimate of drug-likeness (QED) is 0.883. The average Bonchev–Trinajstić information content (AvgIpc) is 2.50. The van der Waals surface area contributed by atoms with Gasteiger partial charge in [-0.2, -0.15) is 0 Å². The molecule has 1 aliphatic rings. The van der Waals surface area contributed by atoms with E-state index in [-0.39, 0.29) is 30.6 Å². The zero-order valence-corrected chi connectivity index (χ0v) is 12.5. The molecule has 1 amide bonds. The van der Waals surface area contributed by atoms with Crippen molar-refractivity contribution in [2.75, 3.05) is 13.7 Å². The highest BCUT2D eigenvalue weighted by atomic mass is 16.5. The molecule has 0 aliphatic heterocycles. The van der Waals surface area contributed by atoms with Crippen molar-refractivity contribution in [2.45, 2.75) is 25.0 Å². The molecule has 2 N–H and O–H groups in total. The fourth-order valence-corrected chi connectivity index (χ4v) is 2.98. The first-order chi connectivity index (χ1) is 10.7. The number of pyridine rings is 1. The van der Waals surface area contributed by atoms with Crippen molar-refractivity contribution in [1.82, 2.24) is 10.3 Å². The van der Waals surface area contributed by atoms with Crippen LogP contribution in [-0.4, -0.2) is 35.8 Å². The summed E-state index contributed by atoms with van der Waals surface area (Å²) in [6.45, 7) is 0.0345. The van der Waals surface area contributed by atoms with Crippen LogP contribution < -0.4 is 5.32 Å². The summed E-state index contributed by atoms with van der Waals surface area (Å²) in [5, 5.41) is 13.6. The molecule has 1 heterocycles. The highest BCUT2D eigenvalue weighted by molar-refractivity contribution is 5.80. The van der Waals surface area contributed by atoms with Crippen LogP contribution in [0.2, 0.25) is 0 Å². The summed E-state index contributed by atoms with van der Waals surface area (Å²) >= 11 is 0. The number of nitrogens with zero attached hydrogens (tertiary/aromatic N) is 1. The molecule has 2 aromatic rings. The number of aromatic nitrogens is 1. The first-order valence-electron chi connectivity index (χ1n) is 7.48. The lowest BCUT2D eigenvalue weighted by Crippen LogP contribution is -2.42. The third kappa shape index (κ3) is 3.10. The molecule has 1 fully saturated rings. The lowest BCUT2D eigenvalue weighted by molar-refractivity contribution is -0.126.